The Bertz CT molecular complexity index is 1050. The van der Waals surface area contributed by atoms with E-state index in [4.69, 9.17) is 29.4 Å². The van der Waals surface area contributed by atoms with Crippen molar-refractivity contribution in [2.24, 2.45) is 11.7 Å². The molecule has 3 heterocycles. The second kappa shape index (κ2) is 12.0. The average molecular weight is 490 g/mol. The molecule has 2 aromatic rings. The van der Waals surface area contributed by atoms with Crippen molar-refractivity contribution in [3.8, 4) is 5.75 Å². The molecular weight excluding hydrogens is 454 g/mol. The van der Waals surface area contributed by atoms with Crippen LogP contribution < -0.4 is 16.0 Å². The van der Waals surface area contributed by atoms with Crippen LogP contribution in [0, 0.1) is 5.92 Å². The number of methoxy groups -OCH3 is 1. The van der Waals surface area contributed by atoms with E-state index in [0.717, 1.165) is 17.3 Å². The summed E-state index contributed by atoms with van der Waals surface area (Å²) in [6.45, 7) is 5.17. The summed E-state index contributed by atoms with van der Waals surface area (Å²) in [7, 11) is 1.39. The lowest BCUT2D eigenvalue weighted by Crippen LogP contribution is -2.59. The van der Waals surface area contributed by atoms with Gasteiger partial charge in [-0.2, -0.15) is 0 Å². The predicted octanol–water partition coefficient (Wildman–Crippen LogP) is 0.984. The third-order valence-corrected chi connectivity index (χ3v) is 6.58. The second-order valence-electron chi connectivity index (χ2n) is 8.78. The Morgan fingerprint density at radius 2 is 1.94 bits per heavy atom. The zero-order chi connectivity index (χ0) is 24.7. The molecule has 0 bridgehead atoms. The van der Waals surface area contributed by atoms with Crippen LogP contribution in [0.1, 0.15) is 12.8 Å². The number of nitrogens with zero attached hydrogens (tertiary/aromatic N) is 2. The van der Waals surface area contributed by atoms with Gasteiger partial charge < -0.3 is 38.9 Å². The van der Waals surface area contributed by atoms with Gasteiger partial charge in [0.1, 0.15) is 18.3 Å². The fraction of sp³-hybridized carbons (Fsp3) is 0.600. The maximum absolute atomic E-state index is 12.8. The van der Waals surface area contributed by atoms with Gasteiger partial charge in [-0.15, -0.1) is 0 Å². The van der Waals surface area contributed by atoms with Crippen LogP contribution in [0.25, 0.3) is 10.9 Å². The summed E-state index contributed by atoms with van der Waals surface area (Å²) in [6.07, 6.45) is 1.39. The van der Waals surface area contributed by atoms with Crippen LogP contribution in [-0.4, -0.2) is 87.5 Å². The minimum atomic E-state index is -0.918. The lowest BCUT2D eigenvalue weighted by Gasteiger charge is -2.47. The van der Waals surface area contributed by atoms with Crippen molar-refractivity contribution in [2.45, 2.75) is 25.2 Å². The molecule has 192 valence electrons. The molecule has 35 heavy (non-hydrogen) atoms. The van der Waals surface area contributed by atoms with Crippen LogP contribution in [0.15, 0.2) is 35.1 Å². The number of ether oxygens (including phenoxy) is 5. The number of carbonyl (C=O) groups is 1. The topological polar surface area (TPSA) is 114 Å². The zero-order valence-electron chi connectivity index (χ0n) is 20.3. The maximum Gasteiger partial charge on any atom is 0.315 e. The van der Waals surface area contributed by atoms with E-state index in [1.54, 1.807) is 10.6 Å². The Balaban J connectivity index is 1.45. The van der Waals surface area contributed by atoms with Crippen LogP contribution in [0.4, 0.5) is 0 Å². The molecular formula is C25H35N3O7. The summed E-state index contributed by atoms with van der Waals surface area (Å²) in [4.78, 5) is 27.5. The highest BCUT2D eigenvalue weighted by atomic mass is 16.7. The summed E-state index contributed by atoms with van der Waals surface area (Å²) in [5.74, 6) is -1.12. The lowest BCUT2D eigenvalue weighted by atomic mass is 9.89. The predicted molar refractivity (Wildman–Crippen MR) is 129 cm³/mol. The fourth-order valence-electron chi connectivity index (χ4n) is 4.75. The van der Waals surface area contributed by atoms with Gasteiger partial charge in [0.2, 0.25) is 0 Å². The Morgan fingerprint density at radius 3 is 2.71 bits per heavy atom. The minimum absolute atomic E-state index is 0.0853. The molecule has 2 fully saturated rings. The zero-order valence-corrected chi connectivity index (χ0v) is 20.3. The van der Waals surface area contributed by atoms with Gasteiger partial charge in [-0.1, -0.05) is 0 Å². The van der Waals surface area contributed by atoms with E-state index in [0.29, 0.717) is 77.9 Å². The number of hydrogen-bond donors (Lipinski definition) is 1. The molecule has 1 aromatic carbocycles. The molecule has 1 spiro atoms. The fourth-order valence-corrected chi connectivity index (χ4v) is 4.75. The summed E-state index contributed by atoms with van der Waals surface area (Å²) in [6, 6.07) is 9.10. The molecule has 1 unspecified atom stereocenters. The van der Waals surface area contributed by atoms with Crippen LogP contribution in [0.3, 0.4) is 0 Å². The first-order chi connectivity index (χ1) is 17.1. The maximum atomic E-state index is 12.8. The molecule has 2 N–H and O–H groups in total. The Labute approximate surface area is 204 Å². The summed E-state index contributed by atoms with van der Waals surface area (Å²) in [5.41, 5.74) is 6.14. The quantitative estimate of drug-likeness (QED) is 0.385. The molecule has 0 radical (unpaired) electrons. The van der Waals surface area contributed by atoms with Crippen molar-refractivity contribution < 1.29 is 28.5 Å². The van der Waals surface area contributed by atoms with Crippen LogP contribution in [0.5, 0.6) is 5.75 Å². The Morgan fingerprint density at radius 1 is 1.14 bits per heavy atom. The van der Waals surface area contributed by atoms with E-state index in [9.17, 15) is 9.59 Å². The van der Waals surface area contributed by atoms with E-state index in [-0.39, 0.29) is 11.5 Å². The van der Waals surface area contributed by atoms with Crippen molar-refractivity contribution >= 4 is 16.9 Å². The summed E-state index contributed by atoms with van der Waals surface area (Å²) >= 11 is 0. The molecule has 1 aromatic heterocycles. The van der Waals surface area contributed by atoms with Crippen molar-refractivity contribution in [2.75, 3.05) is 66.3 Å². The number of esters is 1. The third-order valence-electron chi connectivity index (χ3n) is 6.58. The van der Waals surface area contributed by atoms with E-state index in [1.807, 2.05) is 24.3 Å². The number of benzene rings is 1. The molecule has 2 aliphatic heterocycles. The normalized spacial score (nSPS) is 20.2. The number of pyridine rings is 1. The number of piperidine rings is 1. The number of hydrogen-bond acceptors (Lipinski definition) is 9. The molecule has 4 rings (SSSR count). The molecule has 1 atom stereocenters. The van der Waals surface area contributed by atoms with Gasteiger partial charge in [0.25, 0.3) is 5.56 Å². The Kier molecular flexibility index (Phi) is 8.74. The highest BCUT2D eigenvalue weighted by molar-refractivity contribution is 5.80. The standard InChI is InChI=1S/C25H35N3O7/c1-31-24(30)21-18-27(9-7-25(21)34-12-2-13-35-25)10-11-28-22-17-20(33-16-15-32-14-8-26)5-3-19(22)4-6-23(28)29/h3-6,17,21H,2,7-16,18,26H2,1H3. The number of nitrogens with two attached hydrogens (primary N) is 1. The van der Waals surface area contributed by atoms with Gasteiger partial charge in [-0.25, -0.2) is 0 Å². The SMILES string of the molecule is COC(=O)C1CN(CCn2c(=O)ccc3ccc(OCCOCCN)cc32)CCC12OCCCO2. The second-order valence-corrected chi connectivity index (χ2v) is 8.78. The van der Waals surface area contributed by atoms with Gasteiger partial charge >= 0.3 is 5.97 Å². The van der Waals surface area contributed by atoms with Crippen molar-refractivity contribution in [3.05, 3.63) is 40.7 Å². The van der Waals surface area contributed by atoms with Gasteiger partial charge in [-0.3, -0.25) is 9.59 Å². The number of fused-ring (bicyclic) bond motifs is 1. The van der Waals surface area contributed by atoms with Crippen molar-refractivity contribution in [3.63, 3.8) is 0 Å². The number of likely N-dealkylation sites (tertiary alicyclic amines) is 1. The van der Waals surface area contributed by atoms with Crippen molar-refractivity contribution in [1.82, 2.24) is 9.47 Å². The van der Waals surface area contributed by atoms with Gasteiger partial charge in [-0.05, 0) is 30.0 Å². The minimum Gasteiger partial charge on any atom is -0.491 e. The summed E-state index contributed by atoms with van der Waals surface area (Å²) < 4.78 is 29.9. The number of carbonyl (C=O) groups excluding carboxylic acids is 1. The van der Waals surface area contributed by atoms with Crippen molar-refractivity contribution in [1.29, 1.82) is 0 Å². The molecule has 2 aliphatic rings. The van der Waals surface area contributed by atoms with E-state index >= 15 is 0 Å². The molecule has 0 aliphatic carbocycles. The third kappa shape index (κ3) is 6.02. The molecule has 2 saturated heterocycles. The van der Waals surface area contributed by atoms with E-state index in [2.05, 4.69) is 4.90 Å². The average Bonchev–Trinajstić information content (AvgIpc) is 2.89. The monoisotopic (exact) mass is 489 g/mol. The summed E-state index contributed by atoms with van der Waals surface area (Å²) in [5, 5.41) is 0.949. The largest absolute Gasteiger partial charge is 0.491 e. The number of aromatic nitrogens is 1. The molecule has 0 saturated carbocycles. The van der Waals surface area contributed by atoms with Crippen LogP contribution in [-0.2, 0) is 30.3 Å². The lowest BCUT2D eigenvalue weighted by molar-refractivity contribution is -0.307. The van der Waals surface area contributed by atoms with E-state index in [1.165, 1.54) is 7.11 Å². The van der Waals surface area contributed by atoms with Crippen LogP contribution >= 0.6 is 0 Å². The van der Waals surface area contributed by atoms with Gasteiger partial charge in [0.05, 0.1) is 39.1 Å². The first-order valence-corrected chi connectivity index (χ1v) is 12.2. The van der Waals surface area contributed by atoms with Gasteiger partial charge in [0.15, 0.2) is 5.79 Å². The highest BCUT2D eigenvalue weighted by Gasteiger charge is 2.50. The molecule has 0 amide bonds. The number of rotatable bonds is 10. The molecule has 10 heteroatoms. The highest BCUT2D eigenvalue weighted by Crippen LogP contribution is 2.36. The van der Waals surface area contributed by atoms with Crippen LogP contribution in [0.2, 0.25) is 0 Å². The Hall–Kier alpha value is -2.50. The van der Waals surface area contributed by atoms with Gasteiger partial charge in [0, 0.05) is 51.3 Å². The first kappa shape index (κ1) is 25.6. The smallest absolute Gasteiger partial charge is 0.315 e. The molecule has 10 nitrogen and oxygen atoms in total. The van der Waals surface area contributed by atoms with E-state index < -0.39 is 11.7 Å². The first-order valence-electron chi connectivity index (χ1n) is 12.2.